The number of hydrogen-bond acceptors (Lipinski definition) is 4. The molecule has 0 saturated heterocycles. The number of phenolic OH excluding ortho intramolecular Hbond substituents is 1. The number of nitrogens with zero attached hydrogens (tertiary/aromatic N) is 1. The van der Waals surface area contributed by atoms with Crippen molar-refractivity contribution >= 4 is 17.7 Å². The molecule has 0 saturated carbocycles. The molecule has 0 unspecified atom stereocenters. The van der Waals surface area contributed by atoms with Gasteiger partial charge in [-0.05, 0) is 35.4 Å². The Kier molecular flexibility index (Phi) is 5.52. The largest absolute Gasteiger partial charge is 0.507 e. The lowest BCUT2D eigenvalue weighted by Crippen LogP contribution is -2.38. The maximum atomic E-state index is 13.0. The zero-order chi connectivity index (χ0) is 20.9. The zero-order valence-electron chi connectivity index (χ0n) is 16.5. The summed E-state index contributed by atoms with van der Waals surface area (Å²) in [4.78, 5) is 13.0. The SMILES string of the molecule is COc1ccc(C2=C[C@H](c3ccccc3)N(C(=O)/C=C\c3ccccc3)N2)c(O)c1. The van der Waals surface area contributed by atoms with Crippen LogP contribution in [0.2, 0.25) is 0 Å². The monoisotopic (exact) mass is 398 g/mol. The highest BCUT2D eigenvalue weighted by atomic mass is 16.5. The number of phenols is 1. The van der Waals surface area contributed by atoms with Crippen molar-refractivity contribution in [3.63, 3.8) is 0 Å². The number of rotatable bonds is 5. The van der Waals surface area contributed by atoms with Crippen LogP contribution in [-0.2, 0) is 4.79 Å². The highest BCUT2D eigenvalue weighted by molar-refractivity contribution is 5.93. The van der Waals surface area contributed by atoms with Gasteiger partial charge in [0.15, 0.2) is 0 Å². The predicted octanol–water partition coefficient (Wildman–Crippen LogP) is 4.54. The normalized spacial score (nSPS) is 15.7. The Hall–Kier alpha value is -3.99. The molecule has 1 aliphatic heterocycles. The first kappa shape index (κ1) is 19.3. The van der Waals surface area contributed by atoms with Crippen LogP contribution < -0.4 is 10.2 Å². The maximum absolute atomic E-state index is 13.0. The van der Waals surface area contributed by atoms with E-state index in [0.717, 1.165) is 11.1 Å². The van der Waals surface area contributed by atoms with Crippen LogP contribution in [0.5, 0.6) is 11.5 Å². The second-order valence-electron chi connectivity index (χ2n) is 6.88. The van der Waals surface area contributed by atoms with E-state index in [9.17, 15) is 9.90 Å². The molecule has 1 amide bonds. The molecule has 5 heteroatoms. The zero-order valence-corrected chi connectivity index (χ0v) is 16.5. The molecule has 2 N–H and O–H groups in total. The van der Waals surface area contributed by atoms with Crippen LogP contribution in [0.15, 0.2) is 91.0 Å². The van der Waals surface area contributed by atoms with Crippen molar-refractivity contribution in [2.45, 2.75) is 6.04 Å². The Balaban J connectivity index is 1.65. The fraction of sp³-hybridized carbons (Fsp3) is 0.0800. The summed E-state index contributed by atoms with van der Waals surface area (Å²) in [5, 5.41) is 12.0. The molecular formula is C25H22N2O3. The number of nitrogens with one attached hydrogen (secondary N) is 1. The lowest BCUT2D eigenvalue weighted by Gasteiger charge is -2.24. The molecule has 5 nitrogen and oxygen atoms in total. The van der Waals surface area contributed by atoms with E-state index in [0.29, 0.717) is 17.0 Å². The minimum absolute atomic E-state index is 0.0778. The van der Waals surface area contributed by atoms with Crippen LogP contribution in [0, 0.1) is 0 Å². The average Bonchev–Trinajstić information content (AvgIpc) is 3.24. The van der Waals surface area contributed by atoms with Gasteiger partial charge in [-0.15, -0.1) is 0 Å². The topological polar surface area (TPSA) is 61.8 Å². The summed E-state index contributed by atoms with van der Waals surface area (Å²) in [5.74, 6) is 0.453. The molecule has 30 heavy (non-hydrogen) atoms. The summed E-state index contributed by atoms with van der Waals surface area (Å²) in [6.07, 6.45) is 5.27. The van der Waals surface area contributed by atoms with Gasteiger partial charge in [-0.25, -0.2) is 5.01 Å². The summed E-state index contributed by atoms with van der Waals surface area (Å²) < 4.78 is 5.16. The first-order valence-electron chi connectivity index (χ1n) is 9.63. The van der Waals surface area contributed by atoms with E-state index in [-0.39, 0.29) is 17.7 Å². The maximum Gasteiger partial charge on any atom is 0.265 e. The number of hydrogen-bond donors (Lipinski definition) is 2. The van der Waals surface area contributed by atoms with Crippen LogP contribution >= 0.6 is 0 Å². The molecule has 0 radical (unpaired) electrons. The number of carbonyl (C=O) groups is 1. The van der Waals surface area contributed by atoms with Gasteiger partial charge in [-0.2, -0.15) is 0 Å². The molecule has 4 rings (SSSR count). The van der Waals surface area contributed by atoms with Gasteiger partial charge in [0.25, 0.3) is 5.91 Å². The van der Waals surface area contributed by atoms with Crippen molar-refractivity contribution < 1.29 is 14.6 Å². The molecule has 3 aromatic rings. The standard InChI is InChI=1S/C25H22N2O3/c1-30-20-13-14-21(24(28)16-20)22-17-23(19-10-6-3-7-11-19)27(26-22)25(29)15-12-18-8-4-2-5-9-18/h2-17,23,26,28H,1H3/b15-12-/t23-/m1/s1. The highest BCUT2D eigenvalue weighted by Crippen LogP contribution is 2.35. The van der Waals surface area contributed by atoms with E-state index in [1.54, 1.807) is 42.5 Å². The molecular weight excluding hydrogens is 376 g/mol. The number of ether oxygens (including phenoxy) is 1. The Morgan fingerprint density at radius 2 is 1.73 bits per heavy atom. The number of methoxy groups -OCH3 is 1. The molecule has 150 valence electrons. The van der Waals surface area contributed by atoms with Gasteiger partial charge in [-0.3, -0.25) is 10.2 Å². The summed E-state index contributed by atoms with van der Waals surface area (Å²) in [6, 6.07) is 24.2. The number of hydrazine groups is 1. The Morgan fingerprint density at radius 1 is 1.03 bits per heavy atom. The first-order chi connectivity index (χ1) is 14.7. The van der Waals surface area contributed by atoms with Crippen molar-refractivity contribution in [2.75, 3.05) is 7.11 Å². The van der Waals surface area contributed by atoms with Gasteiger partial charge in [0.05, 0.1) is 18.8 Å². The third-order valence-corrected chi connectivity index (χ3v) is 4.94. The fourth-order valence-electron chi connectivity index (χ4n) is 3.38. The van der Waals surface area contributed by atoms with Crippen LogP contribution in [0.1, 0.15) is 22.7 Å². The predicted molar refractivity (Wildman–Crippen MR) is 117 cm³/mol. The number of benzene rings is 3. The molecule has 0 bridgehead atoms. The lowest BCUT2D eigenvalue weighted by atomic mass is 10.0. The van der Waals surface area contributed by atoms with Crippen LogP contribution in [0.4, 0.5) is 0 Å². The first-order valence-corrected chi connectivity index (χ1v) is 9.63. The van der Waals surface area contributed by atoms with E-state index >= 15 is 0 Å². The van der Waals surface area contributed by atoms with E-state index in [1.165, 1.54) is 0 Å². The number of carbonyl (C=O) groups excluding carboxylic acids is 1. The van der Waals surface area contributed by atoms with Gasteiger partial charge in [0.2, 0.25) is 0 Å². The minimum Gasteiger partial charge on any atom is -0.507 e. The third kappa shape index (κ3) is 4.05. The Bertz CT molecular complexity index is 1090. The van der Waals surface area contributed by atoms with Gasteiger partial charge >= 0.3 is 0 Å². The second kappa shape index (κ2) is 8.57. The van der Waals surface area contributed by atoms with Crippen molar-refractivity contribution in [3.8, 4) is 11.5 Å². The summed E-state index contributed by atoms with van der Waals surface area (Å²) in [7, 11) is 1.55. The van der Waals surface area contributed by atoms with Gasteiger partial charge in [0.1, 0.15) is 11.5 Å². The average molecular weight is 398 g/mol. The van der Waals surface area contributed by atoms with Gasteiger partial charge < -0.3 is 9.84 Å². The van der Waals surface area contributed by atoms with Crippen molar-refractivity contribution in [2.24, 2.45) is 0 Å². The number of amides is 1. The molecule has 0 fully saturated rings. The molecule has 0 spiro atoms. The smallest absolute Gasteiger partial charge is 0.265 e. The second-order valence-corrected chi connectivity index (χ2v) is 6.88. The van der Waals surface area contributed by atoms with E-state index in [2.05, 4.69) is 5.43 Å². The third-order valence-electron chi connectivity index (χ3n) is 4.94. The Labute approximate surface area is 175 Å². The van der Waals surface area contributed by atoms with Crippen LogP contribution in [-0.4, -0.2) is 23.1 Å². The van der Waals surface area contributed by atoms with Gasteiger partial charge in [0, 0.05) is 17.7 Å². The fourth-order valence-corrected chi connectivity index (χ4v) is 3.38. The summed E-state index contributed by atoms with van der Waals surface area (Å²) >= 11 is 0. The summed E-state index contributed by atoms with van der Waals surface area (Å²) in [6.45, 7) is 0. The van der Waals surface area contributed by atoms with Crippen molar-refractivity contribution in [3.05, 3.63) is 108 Å². The van der Waals surface area contributed by atoms with Crippen LogP contribution in [0.25, 0.3) is 11.8 Å². The van der Waals surface area contributed by atoms with Gasteiger partial charge in [-0.1, -0.05) is 60.7 Å². The quantitative estimate of drug-likeness (QED) is 0.620. The number of aromatic hydroxyl groups is 1. The van der Waals surface area contributed by atoms with E-state index in [1.807, 2.05) is 66.7 Å². The molecule has 0 aliphatic carbocycles. The van der Waals surface area contributed by atoms with Crippen LogP contribution in [0.3, 0.4) is 0 Å². The lowest BCUT2D eigenvalue weighted by molar-refractivity contribution is -0.129. The molecule has 3 aromatic carbocycles. The molecule has 1 aliphatic rings. The van der Waals surface area contributed by atoms with Crippen molar-refractivity contribution in [1.82, 2.24) is 10.4 Å². The summed E-state index contributed by atoms with van der Waals surface area (Å²) in [5.41, 5.74) is 6.33. The van der Waals surface area contributed by atoms with E-state index < -0.39 is 0 Å². The van der Waals surface area contributed by atoms with E-state index in [4.69, 9.17) is 4.74 Å². The highest BCUT2D eigenvalue weighted by Gasteiger charge is 2.30. The molecule has 1 heterocycles. The van der Waals surface area contributed by atoms with Crippen molar-refractivity contribution in [1.29, 1.82) is 0 Å². The minimum atomic E-state index is -0.310. The molecule has 0 aromatic heterocycles. The molecule has 1 atom stereocenters. The Morgan fingerprint density at radius 3 is 2.40 bits per heavy atom.